The Morgan fingerprint density at radius 3 is 2.81 bits per heavy atom. The van der Waals surface area contributed by atoms with E-state index >= 15 is 0 Å². The molecule has 3 nitrogen and oxygen atoms in total. The summed E-state index contributed by atoms with van der Waals surface area (Å²) in [4.78, 5) is 8.17. The summed E-state index contributed by atoms with van der Waals surface area (Å²) in [5, 5.41) is 3.35. The fourth-order valence-corrected chi connectivity index (χ4v) is 2.62. The Bertz CT molecular complexity index is 324. The zero-order valence-electron chi connectivity index (χ0n) is 9.45. The number of hydrogen-bond donors (Lipinski definition) is 1. The van der Waals surface area contributed by atoms with Gasteiger partial charge >= 0.3 is 0 Å². The van der Waals surface area contributed by atoms with E-state index in [4.69, 9.17) is 0 Å². The van der Waals surface area contributed by atoms with Crippen molar-refractivity contribution in [2.75, 3.05) is 11.9 Å². The van der Waals surface area contributed by atoms with Crippen LogP contribution in [0.15, 0.2) is 17.0 Å². The van der Waals surface area contributed by atoms with Crippen LogP contribution < -0.4 is 5.32 Å². The maximum Gasteiger partial charge on any atom is 0.130 e. The second kappa shape index (κ2) is 6.18. The van der Waals surface area contributed by atoms with Crippen molar-refractivity contribution in [2.24, 2.45) is 5.92 Å². The first-order valence-corrected chi connectivity index (χ1v) is 6.85. The molecule has 4 heteroatoms. The van der Waals surface area contributed by atoms with Gasteiger partial charge in [0.25, 0.3) is 0 Å². The molecule has 0 amide bonds. The Balaban J connectivity index is 1.71. The SMILES string of the molecule is Brc1cc(NCCC2CCCCC2)ncn1. The summed E-state index contributed by atoms with van der Waals surface area (Å²) in [5.41, 5.74) is 0. The number of aromatic nitrogens is 2. The number of rotatable bonds is 4. The predicted octanol–water partition coefficient (Wildman–Crippen LogP) is 3.62. The molecule has 0 unspecified atom stereocenters. The molecule has 1 aliphatic rings. The Hall–Kier alpha value is -0.640. The standard InChI is InChI=1S/C12H18BrN3/c13-11-8-12(16-9-15-11)14-7-6-10-4-2-1-3-5-10/h8-10H,1-7H2,(H,14,15,16). The predicted molar refractivity (Wildman–Crippen MR) is 69.4 cm³/mol. The summed E-state index contributed by atoms with van der Waals surface area (Å²) in [7, 11) is 0. The molecule has 0 radical (unpaired) electrons. The smallest absolute Gasteiger partial charge is 0.130 e. The van der Waals surface area contributed by atoms with Gasteiger partial charge in [0.1, 0.15) is 16.7 Å². The summed E-state index contributed by atoms with van der Waals surface area (Å²) in [5.74, 6) is 1.84. The lowest BCUT2D eigenvalue weighted by atomic mass is 9.87. The highest BCUT2D eigenvalue weighted by atomic mass is 79.9. The topological polar surface area (TPSA) is 37.8 Å². The average molecular weight is 284 g/mol. The van der Waals surface area contributed by atoms with Gasteiger partial charge < -0.3 is 5.32 Å². The van der Waals surface area contributed by atoms with Gasteiger partial charge in [-0.3, -0.25) is 0 Å². The number of nitrogens with zero attached hydrogens (tertiary/aromatic N) is 2. The summed E-state index contributed by atoms with van der Waals surface area (Å²) >= 11 is 3.34. The van der Waals surface area contributed by atoms with Crippen LogP contribution in [0.25, 0.3) is 0 Å². The molecular formula is C12H18BrN3. The molecule has 0 bridgehead atoms. The first-order chi connectivity index (χ1) is 7.84. The van der Waals surface area contributed by atoms with Gasteiger partial charge in [0.05, 0.1) is 0 Å². The summed E-state index contributed by atoms with van der Waals surface area (Å²) in [6.07, 6.45) is 9.94. The van der Waals surface area contributed by atoms with Crippen molar-refractivity contribution < 1.29 is 0 Å². The highest BCUT2D eigenvalue weighted by molar-refractivity contribution is 9.10. The van der Waals surface area contributed by atoms with Crippen LogP contribution in [0.2, 0.25) is 0 Å². The van der Waals surface area contributed by atoms with Crippen LogP contribution in [-0.4, -0.2) is 16.5 Å². The fourth-order valence-electron chi connectivity index (χ4n) is 2.31. The molecule has 16 heavy (non-hydrogen) atoms. The summed E-state index contributed by atoms with van der Waals surface area (Å²) in [6, 6.07) is 1.92. The minimum absolute atomic E-state index is 0.836. The van der Waals surface area contributed by atoms with E-state index in [2.05, 4.69) is 31.2 Å². The van der Waals surface area contributed by atoms with E-state index in [1.54, 1.807) is 6.33 Å². The van der Waals surface area contributed by atoms with Crippen LogP contribution in [0.3, 0.4) is 0 Å². The first kappa shape index (κ1) is 11.8. The number of anilines is 1. The molecule has 1 aromatic heterocycles. The van der Waals surface area contributed by atoms with Gasteiger partial charge in [-0.1, -0.05) is 32.1 Å². The van der Waals surface area contributed by atoms with Crippen LogP contribution >= 0.6 is 15.9 Å². The van der Waals surface area contributed by atoms with E-state index in [0.717, 1.165) is 22.9 Å². The minimum Gasteiger partial charge on any atom is -0.370 e. The van der Waals surface area contributed by atoms with E-state index in [9.17, 15) is 0 Å². The van der Waals surface area contributed by atoms with Crippen molar-refractivity contribution >= 4 is 21.7 Å². The third kappa shape index (κ3) is 3.74. The van der Waals surface area contributed by atoms with Crippen molar-refractivity contribution in [2.45, 2.75) is 38.5 Å². The molecule has 88 valence electrons. The molecule has 0 aliphatic heterocycles. The van der Waals surface area contributed by atoms with Crippen molar-refractivity contribution in [1.82, 2.24) is 9.97 Å². The maximum absolute atomic E-state index is 4.17. The van der Waals surface area contributed by atoms with Gasteiger partial charge in [0, 0.05) is 12.6 Å². The first-order valence-electron chi connectivity index (χ1n) is 6.06. The average Bonchev–Trinajstić information content (AvgIpc) is 2.30. The Morgan fingerprint density at radius 2 is 2.06 bits per heavy atom. The lowest BCUT2D eigenvalue weighted by molar-refractivity contribution is 0.345. The monoisotopic (exact) mass is 283 g/mol. The zero-order chi connectivity index (χ0) is 11.2. The Labute approximate surface area is 105 Å². The van der Waals surface area contributed by atoms with Crippen LogP contribution in [0.4, 0.5) is 5.82 Å². The van der Waals surface area contributed by atoms with Crippen LogP contribution in [0, 0.1) is 5.92 Å². The van der Waals surface area contributed by atoms with Crippen molar-refractivity contribution in [3.63, 3.8) is 0 Å². The third-order valence-electron chi connectivity index (χ3n) is 3.22. The second-order valence-corrected chi connectivity index (χ2v) is 5.26. The van der Waals surface area contributed by atoms with Gasteiger partial charge in [0.15, 0.2) is 0 Å². The minimum atomic E-state index is 0.836. The molecule has 0 saturated heterocycles. The highest BCUT2D eigenvalue weighted by Crippen LogP contribution is 2.26. The molecule has 2 rings (SSSR count). The third-order valence-corrected chi connectivity index (χ3v) is 3.65. The van der Waals surface area contributed by atoms with Gasteiger partial charge in [0.2, 0.25) is 0 Å². The lowest BCUT2D eigenvalue weighted by Gasteiger charge is -2.21. The van der Waals surface area contributed by atoms with Crippen LogP contribution in [-0.2, 0) is 0 Å². The molecule has 1 saturated carbocycles. The van der Waals surface area contributed by atoms with Gasteiger partial charge in [-0.2, -0.15) is 0 Å². The van der Waals surface area contributed by atoms with E-state index in [1.165, 1.54) is 38.5 Å². The van der Waals surface area contributed by atoms with E-state index in [0.29, 0.717) is 0 Å². The van der Waals surface area contributed by atoms with E-state index < -0.39 is 0 Å². The number of nitrogens with one attached hydrogen (secondary N) is 1. The molecule has 1 N–H and O–H groups in total. The van der Waals surface area contributed by atoms with E-state index in [1.807, 2.05) is 6.07 Å². The lowest BCUT2D eigenvalue weighted by Crippen LogP contribution is -2.12. The molecule has 0 aromatic carbocycles. The van der Waals surface area contributed by atoms with Gasteiger partial charge in [-0.15, -0.1) is 0 Å². The van der Waals surface area contributed by atoms with Crippen molar-refractivity contribution in [1.29, 1.82) is 0 Å². The normalized spacial score (nSPS) is 17.3. The van der Waals surface area contributed by atoms with Crippen molar-refractivity contribution in [3.8, 4) is 0 Å². The Kier molecular flexibility index (Phi) is 4.57. The van der Waals surface area contributed by atoms with Gasteiger partial charge in [-0.25, -0.2) is 9.97 Å². The maximum atomic E-state index is 4.17. The van der Waals surface area contributed by atoms with E-state index in [-0.39, 0.29) is 0 Å². The fraction of sp³-hybridized carbons (Fsp3) is 0.667. The number of hydrogen-bond acceptors (Lipinski definition) is 3. The molecular weight excluding hydrogens is 266 g/mol. The molecule has 1 aromatic rings. The summed E-state index contributed by atoms with van der Waals surface area (Å²) in [6.45, 7) is 1.02. The van der Waals surface area contributed by atoms with Gasteiger partial charge in [-0.05, 0) is 28.3 Å². The molecule has 1 aliphatic carbocycles. The quantitative estimate of drug-likeness (QED) is 0.858. The van der Waals surface area contributed by atoms with Crippen LogP contribution in [0.1, 0.15) is 38.5 Å². The molecule has 1 heterocycles. The summed E-state index contributed by atoms with van der Waals surface area (Å²) < 4.78 is 0.836. The number of halogens is 1. The largest absolute Gasteiger partial charge is 0.370 e. The molecule has 1 fully saturated rings. The highest BCUT2D eigenvalue weighted by Gasteiger charge is 2.12. The Morgan fingerprint density at radius 1 is 1.25 bits per heavy atom. The molecule has 0 atom stereocenters. The van der Waals surface area contributed by atoms with Crippen molar-refractivity contribution in [3.05, 3.63) is 17.0 Å². The molecule has 0 spiro atoms. The zero-order valence-corrected chi connectivity index (χ0v) is 11.0. The second-order valence-electron chi connectivity index (χ2n) is 4.45. The van der Waals surface area contributed by atoms with Crippen LogP contribution in [0.5, 0.6) is 0 Å².